The summed E-state index contributed by atoms with van der Waals surface area (Å²) in [4.78, 5) is 25.5. The van der Waals surface area contributed by atoms with Crippen molar-refractivity contribution in [3.05, 3.63) is 46.5 Å². The quantitative estimate of drug-likeness (QED) is 0.275. The van der Waals surface area contributed by atoms with Crippen LogP contribution in [0.5, 0.6) is 11.5 Å². The number of phenols is 2. The predicted molar refractivity (Wildman–Crippen MR) is 166 cm³/mol. The molecule has 0 heterocycles. The summed E-state index contributed by atoms with van der Waals surface area (Å²) in [6.07, 6.45) is 0. The molecule has 0 saturated heterocycles. The maximum absolute atomic E-state index is 12.8. The van der Waals surface area contributed by atoms with Gasteiger partial charge in [0, 0.05) is 33.6 Å². The molecule has 0 unspecified atom stereocenters. The van der Waals surface area contributed by atoms with Crippen molar-refractivity contribution in [2.45, 2.75) is 105 Å². The molecule has 6 nitrogen and oxygen atoms in total. The van der Waals surface area contributed by atoms with Gasteiger partial charge in [-0.1, -0.05) is 83.1 Å². The molecule has 7 heteroatoms. The number of benzene rings is 2. The van der Waals surface area contributed by atoms with Gasteiger partial charge in [-0.3, -0.25) is 9.59 Å². The number of nitrogens with one attached hydrogen (secondary N) is 2. The summed E-state index contributed by atoms with van der Waals surface area (Å²) in [7, 11) is 0. The number of rotatable bonds is 6. The fourth-order valence-corrected chi connectivity index (χ4v) is 4.95. The van der Waals surface area contributed by atoms with Gasteiger partial charge in [0.05, 0.1) is 11.5 Å². The molecule has 0 aliphatic heterocycles. The Kier molecular flexibility index (Phi) is 9.55. The molecule has 2 rings (SSSR count). The van der Waals surface area contributed by atoms with Crippen LogP contribution in [0.1, 0.15) is 105 Å². The largest absolute Gasteiger partial charge is 0.507 e. The number of hydrogen-bond acceptors (Lipinski definition) is 5. The fourth-order valence-electron chi connectivity index (χ4n) is 4.33. The van der Waals surface area contributed by atoms with Crippen molar-refractivity contribution < 1.29 is 19.8 Å². The molecule has 0 spiro atoms. The maximum atomic E-state index is 12.8. The summed E-state index contributed by atoms with van der Waals surface area (Å²) in [5.41, 5.74) is 3.16. The topological polar surface area (TPSA) is 98.7 Å². The van der Waals surface area contributed by atoms with E-state index in [-0.39, 0.29) is 56.5 Å². The van der Waals surface area contributed by atoms with Gasteiger partial charge in [-0.05, 0) is 45.9 Å². The van der Waals surface area contributed by atoms with Crippen molar-refractivity contribution in [2.75, 3.05) is 22.1 Å². The van der Waals surface area contributed by atoms with Gasteiger partial charge in [0.15, 0.2) is 0 Å². The Morgan fingerprint density at radius 3 is 1.00 bits per heavy atom. The van der Waals surface area contributed by atoms with E-state index < -0.39 is 0 Å². The lowest BCUT2D eigenvalue weighted by Gasteiger charge is -2.28. The first-order chi connectivity index (χ1) is 17.5. The van der Waals surface area contributed by atoms with Gasteiger partial charge < -0.3 is 20.8 Å². The lowest BCUT2D eigenvalue weighted by Crippen LogP contribution is -2.22. The van der Waals surface area contributed by atoms with Crippen molar-refractivity contribution in [2.24, 2.45) is 0 Å². The molecule has 0 bridgehead atoms. The molecule has 0 fully saturated rings. The van der Waals surface area contributed by atoms with E-state index in [1.807, 2.05) is 107 Å². The SMILES string of the molecule is CC(C)(C)c1cc(NC(=O)CSCC(=O)Nc2cc(C(C)(C)C)c(O)c(C(C)(C)C)c2)cc(C(C)(C)C)c1O. The molecule has 0 atom stereocenters. The third-order valence-corrected chi connectivity index (χ3v) is 7.42. The Labute approximate surface area is 239 Å². The van der Waals surface area contributed by atoms with E-state index in [0.29, 0.717) is 11.4 Å². The van der Waals surface area contributed by atoms with Crippen LogP contribution in [0, 0.1) is 0 Å². The van der Waals surface area contributed by atoms with Crippen LogP contribution in [0.25, 0.3) is 0 Å². The molecule has 0 aliphatic carbocycles. The minimum Gasteiger partial charge on any atom is -0.507 e. The maximum Gasteiger partial charge on any atom is 0.234 e. The van der Waals surface area contributed by atoms with E-state index >= 15 is 0 Å². The molecule has 2 aromatic rings. The van der Waals surface area contributed by atoms with Gasteiger partial charge in [0.2, 0.25) is 11.8 Å². The second-order valence-corrected chi connectivity index (χ2v) is 15.4. The first-order valence-corrected chi connectivity index (χ1v) is 14.6. The second kappa shape index (κ2) is 11.4. The monoisotopic (exact) mass is 556 g/mol. The highest BCUT2D eigenvalue weighted by atomic mass is 32.2. The van der Waals surface area contributed by atoms with Crippen LogP contribution >= 0.6 is 11.8 Å². The lowest BCUT2D eigenvalue weighted by atomic mass is 9.79. The van der Waals surface area contributed by atoms with E-state index in [0.717, 1.165) is 22.3 Å². The van der Waals surface area contributed by atoms with Gasteiger partial charge in [0.1, 0.15) is 11.5 Å². The van der Waals surface area contributed by atoms with Crippen molar-refractivity contribution in [1.82, 2.24) is 0 Å². The average molecular weight is 557 g/mol. The highest BCUT2D eigenvalue weighted by molar-refractivity contribution is 8.00. The standard InChI is InChI=1S/C32H48N2O4S/c1-29(2,3)21-13-19(14-22(27(21)37)30(4,5)6)33-25(35)17-39-18-26(36)34-20-15-23(31(7,8)9)28(38)24(16-20)32(10,11)12/h13-16,37-38H,17-18H2,1-12H3,(H,33,35)(H,34,36). The minimum absolute atomic E-state index is 0.111. The first kappa shape index (κ1) is 32.5. The average Bonchev–Trinajstić information content (AvgIpc) is 2.72. The summed E-state index contributed by atoms with van der Waals surface area (Å²) in [6.45, 7) is 24.3. The van der Waals surface area contributed by atoms with E-state index in [1.165, 1.54) is 11.8 Å². The van der Waals surface area contributed by atoms with Crippen LogP contribution in [0.3, 0.4) is 0 Å². The number of carbonyl (C=O) groups is 2. The van der Waals surface area contributed by atoms with Crippen molar-refractivity contribution in [1.29, 1.82) is 0 Å². The second-order valence-electron chi connectivity index (χ2n) is 14.4. The molecular formula is C32H48N2O4S. The van der Waals surface area contributed by atoms with Gasteiger partial charge >= 0.3 is 0 Å². The zero-order valence-corrected chi connectivity index (χ0v) is 26.7. The van der Waals surface area contributed by atoms with Crippen molar-refractivity contribution >= 4 is 35.0 Å². The van der Waals surface area contributed by atoms with Crippen molar-refractivity contribution in [3.63, 3.8) is 0 Å². The number of hydrogen-bond donors (Lipinski definition) is 4. The molecule has 0 aromatic heterocycles. The summed E-state index contributed by atoms with van der Waals surface area (Å²) < 4.78 is 0. The molecule has 39 heavy (non-hydrogen) atoms. The Hall–Kier alpha value is -2.67. The molecule has 0 aliphatic rings. The number of aromatic hydroxyl groups is 2. The normalized spacial score (nSPS) is 12.8. The van der Waals surface area contributed by atoms with Gasteiger partial charge in [-0.25, -0.2) is 0 Å². The van der Waals surface area contributed by atoms with Crippen LogP contribution in [-0.4, -0.2) is 33.5 Å². The van der Waals surface area contributed by atoms with E-state index in [4.69, 9.17) is 0 Å². The highest BCUT2D eigenvalue weighted by Crippen LogP contribution is 2.42. The van der Waals surface area contributed by atoms with Crippen molar-refractivity contribution in [3.8, 4) is 11.5 Å². The zero-order valence-electron chi connectivity index (χ0n) is 25.8. The molecule has 216 valence electrons. The third-order valence-electron chi connectivity index (χ3n) is 6.49. The van der Waals surface area contributed by atoms with E-state index in [2.05, 4.69) is 10.6 Å². The van der Waals surface area contributed by atoms with E-state index in [9.17, 15) is 19.8 Å². The summed E-state index contributed by atoms with van der Waals surface area (Å²) in [6, 6.07) is 7.29. The van der Waals surface area contributed by atoms with Gasteiger partial charge in [-0.15, -0.1) is 11.8 Å². The molecular weight excluding hydrogens is 508 g/mol. The number of anilines is 2. The highest BCUT2D eigenvalue weighted by Gasteiger charge is 2.28. The Balaban J connectivity index is 2.12. The van der Waals surface area contributed by atoms with Crippen LogP contribution in [-0.2, 0) is 31.2 Å². The predicted octanol–water partition coefficient (Wildman–Crippen LogP) is 7.60. The third kappa shape index (κ3) is 8.66. The summed E-state index contributed by atoms with van der Waals surface area (Å²) >= 11 is 1.23. The first-order valence-electron chi connectivity index (χ1n) is 13.4. The van der Waals surface area contributed by atoms with Crippen LogP contribution in [0.15, 0.2) is 24.3 Å². The van der Waals surface area contributed by atoms with Gasteiger partial charge in [-0.2, -0.15) is 0 Å². The van der Waals surface area contributed by atoms with Crippen LogP contribution < -0.4 is 10.6 Å². The Morgan fingerprint density at radius 2 is 0.795 bits per heavy atom. The number of carbonyl (C=O) groups excluding carboxylic acids is 2. The van der Waals surface area contributed by atoms with E-state index in [1.54, 1.807) is 0 Å². The molecule has 2 aromatic carbocycles. The Bertz CT molecular complexity index is 1060. The fraction of sp³-hybridized carbons (Fsp3) is 0.562. The number of thioether (sulfide) groups is 1. The minimum atomic E-state index is -0.300. The molecule has 4 N–H and O–H groups in total. The molecule has 0 saturated carbocycles. The van der Waals surface area contributed by atoms with Gasteiger partial charge in [0.25, 0.3) is 0 Å². The zero-order chi connectivity index (χ0) is 30.1. The number of phenolic OH excluding ortho intramolecular Hbond substituents is 2. The smallest absolute Gasteiger partial charge is 0.234 e. The molecule has 2 amide bonds. The summed E-state index contributed by atoms with van der Waals surface area (Å²) in [5.74, 6) is 0.316. The number of amides is 2. The lowest BCUT2D eigenvalue weighted by molar-refractivity contribution is -0.114. The molecule has 0 radical (unpaired) electrons. The Morgan fingerprint density at radius 1 is 0.564 bits per heavy atom. The van der Waals surface area contributed by atoms with Crippen LogP contribution in [0.2, 0.25) is 0 Å². The van der Waals surface area contributed by atoms with Crippen LogP contribution in [0.4, 0.5) is 11.4 Å². The summed E-state index contributed by atoms with van der Waals surface area (Å²) in [5, 5.41) is 27.7.